The van der Waals surface area contributed by atoms with E-state index in [2.05, 4.69) is 45.8 Å². The van der Waals surface area contributed by atoms with E-state index in [0.717, 1.165) is 11.1 Å². The summed E-state index contributed by atoms with van der Waals surface area (Å²) in [5.41, 5.74) is 15.9. The first-order valence-corrected chi connectivity index (χ1v) is 12.3. The third-order valence-electron chi connectivity index (χ3n) is 5.38. The standard InChI is InChI=1S/C14H12N4O2.C13H9BrN4O/c1-19-14-13(15)17-12(10-3-2-8-20-10)11(18-14)9-4-6-16-7-5-9;14-12-13(15)18-11(9-2-1-7-19-9)10(17-12)8-3-5-16-6-4-8/h2-8H,1H3,(H2,15,17);1-7H,(H2,15,18). The zero-order valence-corrected chi connectivity index (χ0v) is 22.1. The van der Waals surface area contributed by atoms with E-state index in [0.29, 0.717) is 44.7 Å². The highest BCUT2D eigenvalue weighted by Gasteiger charge is 2.18. The van der Waals surface area contributed by atoms with E-state index >= 15 is 0 Å². The molecule has 12 heteroatoms. The number of nitrogens with zero attached hydrogens (tertiary/aromatic N) is 6. The first kappa shape index (κ1) is 25.5. The van der Waals surface area contributed by atoms with E-state index < -0.39 is 0 Å². The molecule has 0 radical (unpaired) electrons. The fourth-order valence-corrected chi connectivity index (χ4v) is 3.87. The minimum atomic E-state index is 0.219. The van der Waals surface area contributed by atoms with Crippen molar-refractivity contribution in [2.24, 2.45) is 0 Å². The molecule has 6 heterocycles. The molecule has 194 valence electrons. The van der Waals surface area contributed by atoms with Gasteiger partial charge in [0.1, 0.15) is 27.4 Å². The number of nitrogen functional groups attached to an aromatic ring is 2. The summed E-state index contributed by atoms with van der Waals surface area (Å²) in [6.45, 7) is 0. The molecule has 0 fully saturated rings. The van der Waals surface area contributed by atoms with Crippen LogP contribution >= 0.6 is 15.9 Å². The molecule has 0 aliphatic heterocycles. The number of hydrogen-bond acceptors (Lipinski definition) is 11. The molecule has 0 saturated heterocycles. The van der Waals surface area contributed by atoms with Gasteiger partial charge in [0.15, 0.2) is 23.2 Å². The van der Waals surface area contributed by atoms with Crippen LogP contribution in [0.4, 0.5) is 11.6 Å². The van der Waals surface area contributed by atoms with Crippen molar-refractivity contribution < 1.29 is 13.6 Å². The number of furan rings is 2. The molecule has 6 aromatic heterocycles. The molecular weight excluding hydrogens is 564 g/mol. The summed E-state index contributed by atoms with van der Waals surface area (Å²) in [6, 6.07) is 14.6. The Kier molecular flexibility index (Phi) is 7.55. The molecule has 0 bridgehead atoms. The maximum Gasteiger partial charge on any atom is 0.257 e. The molecule has 0 atom stereocenters. The molecule has 4 N–H and O–H groups in total. The minimum Gasteiger partial charge on any atom is -0.478 e. The van der Waals surface area contributed by atoms with Crippen molar-refractivity contribution in [3.8, 4) is 51.3 Å². The van der Waals surface area contributed by atoms with Crippen LogP contribution in [0.1, 0.15) is 0 Å². The highest BCUT2D eigenvalue weighted by Crippen LogP contribution is 2.33. The van der Waals surface area contributed by atoms with Gasteiger partial charge in [0.2, 0.25) is 0 Å². The Hall–Kier alpha value is -5.10. The number of rotatable bonds is 5. The van der Waals surface area contributed by atoms with Crippen LogP contribution in [0.2, 0.25) is 0 Å². The average molecular weight is 585 g/mol. The van der Waals surface area contributed by atoms with Gasteiger partial charge in [-0.05, 0) is 64.5 Å². The topological polar surface area (TPSA) is 165 Å². The molecule has 0 spiro atoms. The third-order valence-corrected chi connectivity index (χ3v) is 5.96. The van der Waals surface area contributed by atoms with E-state index in [1.165, 1.54) is 7.11 Å². The summed E-state index contributed by atoms with van der Waals surface area (Å²) in [5, 5.41) is 0. The van der Waals surface area contributed by atoms with Crippen molar-refractivity contribution in [2.75, 3.05) is 18.6 Å². The average Bonchev–Trinajstić information content (AvgIpc) is 3.71. The number of pyridine rings is 2. The van der Waals surface area contributed by atoms with E-state index in [9.17, 15) is 0 Å². The smallest absolute Gasteiger partial charge is 0.257 e. The van der Waals surface area contributed by atoms with E-state index in [-0.39, 0.29) is 11.7 Å². The van der Waals surface area contributed by atoms with Gasteiger partial charge in [0.05, 0.1) is 19.6 Å². The summed E-state index contributed by atoms with van der Waals surface area (Å²) < 4.78 is 16.4. The minimum absolute atomic E-state index is 0.219. The summed E-state index contributed by atoms with van der Waals surface area (Å²) in [5.74, 6) is 2.05. The van der Waals surface area contributed by atoms with Crippen LogP contribution in [-0.4, -0.2) is 37.0 Å². The Morgan fingerprint density at radius 2 is 1.13 bits per heavy atom. The first-order chi connectivity index (χ1) is 19.0. The summed E-state index contributed by atoms with van der Waals surface area (Å²) in [4.78, 5) is 25.5. The van der Waals surface area contributed by atoms with Gasteiger partial charge in [-0.2, -0.15) is 0 Å². The lowest BCUT2D eigenvalue weighted by Crippen LogP contribution is -2.02. The van der Waals surface area contributed by atoms with Crippen molar-refractivity contribution in [1.29, 1.82) is 0 Å². The van der Waals surface area contributed by atoms with Crippen LogP contribution in [0, 0.1) is 0 Å². The second-order valence-electron chi connectivity index (χ2n) is 7.84. The lowest BCUT2D eigenvalue weighted by molar-refractivity contribution is 0.399. The van der Waals surface area contributed by atoms with Crippen molar-refractivity contribution >= 4 is 27.6 Å². The Labute approximate surface area is 231 Å². The maximum atomic E-state index is 5.83. The molecule has 11 nitrogen and oxygen atoms in total. The summed E-state index contributed by atoms with van der Waals surface area (Å²) in [7, 11) is 1.50. The molecule has 6 rings (SSSR count). The van der Waals surface area contributed by atoms with Crippen LogP contribution in [-0.2, 0) is 0 Å². The maximum absolute atomic E-state index is 5.83. The van der Waals surface area contributed by atoms with Crippen molar-refractivity contribution in [3.05, 3.63) is 90.4 Å². The van der Waals surface area contributed by atoms with Crippen molar-refractivity contribution in [2.45, 2.75) is 0 Å². The van der Waals surface area contributed by atoms with Crippen LogP contribution in [0.15, 0.2) is 99.3 Å². The van der Waals surface area contributed by atoms with Crippen LogP contribution in [0.5, 0.6) is 5.88 Å². The van der Waals surface area contributed by atoms with Gasteiger partial charge in [0, 0.05) is 35.9 Å². The second-order valence-corrected chi connectivity index (χ2v) is 8.59. The third kappa shape index (κ3) is 5.60. The number of halogens is 1. The van der Waals surface area contributed by atoms with Crippen LogP contribution in [0.25, 0.3) is 45.4 Å². The number of hydrogen-bond donors (Lipinski definition) is 2. The van der Waals surface area contributed by atoms with Crippen LogP contribution < -0.4 is 16.2 Å². The predicted octanol–water partition coefficient (Wildman–Crippen LogP) is 5.53. The van der Waals surface area contributed by atoms with Gasteiger partial charge in [-0.1, -0.05) is 0 Å². The Morgan fingerprint density at radius 3 is 1.59 bits per heavy atom. The van der Waals surface area contributed by atoms with Gasteiger partial charge < -0.3 is 25.0 Å². The van der Waals surface area contributed by atoms with Gasteiger partial charge >= 0.3 is 0 Å². The number of aromatic nitrogens is 6. The molecular formula is C27H21BrN8O3. The molecule has 0 aliphatic carbocycles. The van der Waals surface area contributed by atoms with Gasteiger partial charge in [-0.15, -0.1) is 0 Å². The SMILES string of the molecule is COc1nc(-c2ccncc2)c(-c2ccco2)nc1N.Nc1nc(-c2ccco2)c(-c2ccncc2)nc1Br. The highest BCUT2D eigenvalue weighted by atomic mass is 79.9. The largest absolute Gasteiger partial charge is 0.478 e. The highest BCUT2D eigenvalue weighted by molar-refractivity contribution is 9.10. The monoisotopic (exact) mass is 584 g/mol. The van der Waals surface area contributed by atoms with E-state index in [1.807, 2.05) is 30.3 Å². The second kappa shape index (κ2) is 11.5. The fraction of sp³-hybridized carbons (Fsp3) is 0.0370. The van der Waals surface area contributed by atoms with E-state index in [4.69, 9.17) is 25.0 Å². The molecule has 6 aromatic rings. The van der Waals surface area contributed by atoms with Crippen LogP contribution in [0.3, 0.4) is 0 Å². The Balaban J connectivity index is 0.000000158. The molecule has 0 amide bonds. The van der Waals surface area contributed by atoms with Gasteiger partial charge in [-0.3, -0.25) is 9.97 Å². The molecule has 0 aliphatic rings. The molecule has 0 unspecified atom stereocenters. The lowest BCUT2D eigenvalue weighted by Gasteiger charge is -2.10. The zero-order chi connectivity index (χ0) is 27.2. The number of nitrogens with two attached hydrogens (primary N) is 2. The molecule has 0 saturated carbocycles. The molecule has 39 heavy (non-hydrogen) atoms. The van der Waals surface area contributed by atoms with Crippen molar-refractivity contribution in [1.82, 2.24) is 29.9 Å². The first-order valence-electron chi connectivity index (χ1n) is 11.5. The Bertz CT molecular complexity index is 1660. The normalized spacial score (nSPS) is 10.5. The van der Waals surface area contributed by atoms with E-state index in [1.54, 1.807) is 55.5 Å². The van der Waals surface area contributed by atoms with Gasteiger partial charge in [-0.25, -0.2) is 19.9 Å². The lowest BCUT2D eigenvalue weighted by atomic mass is 10.1. The molecule has 0 aromatic carbocycles. The van der Waals surface area contributed by atoms with Crippen molar-refractivity contribution in [3.63, 3.8) is 0 Å². The number of methoxy groups -OCH3 is 1. The zero-order valence-electron chi connectivity index (χ0n) is 20.5. The Morgan fingerprint density at radius 1 is 0.641 bits per heavy atom. The summed E-state index contributed by atoms with van der Waals surface area (Å²) >= 11 is 3.30. The number of anilines is 2. The summed E-state index contributed by atoms with van der Waals surface area (Å²) in [6.07, 6.45) is 9.94. The number of ether oxygens (including phenoxy) is 1. The fourth-order valence-electron chi connectivity index (χ4n) is 3.60. The predicted molar refractivity (Wildman–Crippen MR) is 149 cm³/mol. The van der Waals surface area contributed by atoms with Gasteiger partial charge in [0.25, 0.3) is 5.88 Å². The quantitative estimate of drug-likeness (QED) is 0.261.